The number of rotatable bonds is 3. The fraction of sp³-hybridized carbons (Fsp3) is 0.400. The zero-order valence-electron chi connectivity index (χ0n) is 14.2. The molecule has 25 heavy (non-hydrogen) atoms. The largest absolute Gasteiger partial charge is 0.341 e. The number of likely N-dealkylation sites (tertiary alicyclic amines) is 1. The number of benzene rings is 1. The number of pyridine rings is 1. The van der Waals surface area contributed by atoms with Crippen molar-refractivity contribution in [2.24, 2.45) is 0 Å². The van der Waals surface area contributed by atoms with Crippen LogP contribution in [-0.4, -0.2) is 40.7 Å². The van der Waals surface area contributed by atoms with Gasteiger partial charge in [-0.2, -0.15) is 0 Å². The summed E-state index contributed by atoms with van der Waals surface area (Å²) in [5, 5.41) is 3.65. The summed E-state index contributed by atoms with van der Waals surface area (Å²) in [6.45, 7) is 1.72. The Hall–Kier alpha value is -1.85. The standard InChI is InChI=1S/C20H23N3OS/c24-20(18-14-25-19(22-18)17-7-4-10-21-13-17)23-11-8-16(9-12-23)15-5-2-1-3-6-15/h1-7,10,13,16,18-19,22H,8-9,11-12,14H2. The van der Waals surface area contributed by atoms with Crippen LogP contribution in [0.2, 0.25) is 0 Å². The molecule has 5 heteroatoms. The van der Waals surface area contributed by atoms with Gasteiger partial charge in [0.05, 0.1) is 11.4 Å². The number of amides is 1. The second-order valence-corrected chi connectivity index (χ2v) is 7.87. The van der Waals surface area contributed by atoms with Crippen LogP contribution in [0.4, 0.5) is 0 Å². The molecule has 1 aromatic carbocycles. The van der Waals surface area contributed by atoms with E-state index in [-0.39, 0.29) is 17.3 Å². The third-order valence-electron chi connectivity index (χ3n) is 5.14. The quantitative estimate of drug-likeness (QED) is 0.920. The van der Waals surface area contributed by atoms with E-state index in [9.17, 15) is 4.79 Å². The SMILES string of the molecule is O=C(C1CSC(c2cccnc2)N1)N1CCC(c2ccccc2)CC1. The molecule has 2 fully saturated rings. The lowest BCUT2D eigenvalue weighted by molar-refractivity contribution is -0.133. The van der Waals surface area contributed by atoms with Crippen LogP contribution in [0.15, 0.2) is 54.9 Å². The number of piperidine rings is 1. The first kappa shape index (κ1) is 16.6. The number of hydrogen-bond donors (Lipinski definition) is 1. The molecule has 2 aromatic rings. The number of nitrogens with zero attached hydrogens (tertiary/aromatic N) is 2. The van der Waals surface area contributed by atoms with Gasteiger partial charge in [0.25, 0.3) is 0 Å². The van der Waals surface area contributed by atoms with Crippen LogP contribution in [0.25, 0.3) is 0 Å². The third-order valence-corrected chi connectivity index (χ3v) is 6.41. The fourth-order valence-corrected chi connectivity index (χ4v) is 4.93. The molecule has 2 atom stereocenters. The lowest BCUT2D eigenvalue weighted by Gasteiger charge is -2.33. The first-order valence-electron chi connectivity index (χ1n) is 8.92. The van der Waals surface area contributed by atoms with Crippen molar-refractivity contribution < 1.29 is 4.79 Å². The van der Waals surface area contributed by atoms with Crippen molar-refractivity contribution >= 4 is 17.7 Å². The smallest absolute Gasteiger partial charge is 0.240 e. The van der Waals surface area contributed by atoms with Crippen LogP contribution >= 0.6 is 11.8 Å². The Labute approximate surface area is 153 Å². The maximum absolute atomic E-state index is 12.9. The topological polar surface area (TPSA) is 45.2 Å². The Morgan fingerprint density at radius 3 is 2.56 bits per heavy atom. The van der Waals surface area contributed by atoms with Gasteiger partial charge in [-0.3, -0.25) is 15.1 Å². The lowest BCUT2D eigenvalue weighted by Crippen LogP contribution is -2.48. The fourth-order valence-electron chi connectivity index (χ4n) is 3.72. The van der Waals surface area contributed by atoms with Crippen molar-refractivity contribution in [1.29, 1.82) is 0 Å². The third kappa shape index (κ3) is 3.72. The van der Waals surface area contributed by atoms with Gasteiger partial charge in [-0.15, -0.1) is 11.8 Å². The molecule has 0 aliphatic carbocycles. The van der Waals surface area contributed by atoms with E-state index < -0.39 is 0 Å². The molecule has 0 radical (unpaired) electrons. The average Bonchev–Trinajstić information content (AvgIpc) is 3.19. The highest BCUT2D eigenvalue weighted by Crippen LogP contribution is 2.34. The van der Waals surface area contributed by atoms with Crippen LogP contribution in [0, 0.1) is 0 Å². The molecule has 4 nitrogen and oxygen atoms in total. The number of aromatic nitrogens is 1. The number of thioether (sulfide) groups is 1. The van der Waals surface area contributed by atoms with Gasteiger partial charge in [-0.25, -0.2) is 0 Å². The molecule has 0 saturated carbocycles. The highest BCUT2D eigenvalue weighted by atomic mass is 32.2. The van der Waals surface area contributed by atoms with Gasteiger partial charge in [-0.05, 0) is 36.0 Å². The van der Waals surface area contributed by atoms with Crippen LogP contribution in [0.1, 0.15) is 35.3 Å². The van der Waals surface area contributed by atoms with E-state index in [0.717, 1.165) is 37.2 Å². The molecule has 1 aromatic heterocycles. The van der Waals surface area contributed by atoms with Crippen molar-refractivity contribution in [3.63, 3.8) is 0 Å². The lowest BCUT2D eigenvalue weighted by atomic mass is 9.89. The summed E-state index contributed by atoms with van der Waals surface area (Å²) in [5.74, 6) is 1.67. The van der Waals surface area contributed by atoms with Crippen molar-refractivity contribution in [3.05, 3.63) is 66.0 Å². The van der Waals surface area contributed by atoms with Crippen molar-refractivity contribution in [2.45, 2.75) is 30.2 Å². The Balaban J connectivity index is 1.32. The number of carbonyl (C=O) groups is 1. The first-order valence-corrected chi connectivity index (χ1v) is 9.97. The molecule has 130 valence electrons. The van der Waals surface area contributed by atoms with Gasteiger partial charge in [-0.1, -0.05) is 36.4 Å². The van der Waals surface area contributed by atoms with Crippen LogP contribution in [0.3, 0.4) is 0 Å². The summed E-state index contributed by atoms with van der Waals surface area (Å²) in [6.07, 6.45) is 5.77. The predicted molar refractivity (Wildman–Crippen MR) is 101 cm³/mol. The summed E-state index contributed by atoms with van der Waals surface area (Å²) in [6, 6.07) is 14.6. The van der Waals surface area contributed by atoms with Crippen LogP contribution in [-0.2, 0) is 4.79 Å². The first-order chi connectivity index (χ1) is 12.3. The second kappa shape index (κ2) is 7.58. The van der Waals surface area contributed by atoms with E-state index in [1.165, 1.54) is 5.56 Å². The van der Waals surface area contributed by atoms with Gasteiger partial charge in [0.1, 0.15) is 0 Å². The van der Waals surface area contributed by atoms with Crippen molar-refractivity contribution in [1.82, 2.24) is 15.2 Å². The zero-order valence-corrected chi connectivity index (χ0v) is 15.0. The summed E-state index contributed by atoms with van der Waals surface area (Å²) >= 11 is 1.79. The molecule has 0 bridgehead atoms. The van der Waals surface area contributed by atoms with Gasteiger partial charge in [0, 0.05) is 31.2 Å². The van der Waals surface area contributed by atoms with Gasteiger partial charge < -0.3 is 4.90 Å². The minimum absolute atomic E-state index is 0.0801. The molecule has 2 unspecified atom stereocenters. The summed E-state index contributed by atoms with van der Waals surface area (Å²) in [7, 11) is 0. The molecule has 4 rings (SSSR count). The summed E-state index contributed by atoms with van der Waals surface area (Å²) < 4.78 is 0. The highest BCUT2D eigenvalue weighted by molar-refractivity contribution is 7.99. The Kier molecular flexibility index (Phi) is 5.04. The van der Waals surface area contributed by atoms with Crippen LogP contribution in [0.5, 0.6) is 0 Å². The molecule has 1 N–H and O–H groups in total. The van der Waals surface area contributed by atoms with E-state index in [4.69, 9.17) is 0 Å². The molecule has 2 saturated heterocycles. The van der Waals surface area contributed by atoms with Crippen molar-refractivity contribution in [2.75, 3.05) is 18.8 Å². The van der Waals surface area contributed by atoms with Gasteiger partial charge in [0.2, 0.25) is 5.91 Å². The zero-order chi connectivity index (χ0) is 17.1. The average molecular weight is 353 g/mol. The molecular weight excluding hydrogens is 330 g/mol. The number of nitrogens with one attached hydrogen (secondary N) is 1. The van der Waals surface area contributed by atoms with Crippen molar-refractivity contribution in [3.8, 4) is 0 Å². The van der Waals surface area contributed by atoms with E-state index >= 15 is 0 Å². The summed E-state index contributed by atoms with van der Waals surface area (Å²) in [4.78, 5) is 19.1. The number of carbonyl (C=O) groups excluding carboxylic acids is 1. The Morgan fingerprint density at radius 1 is 1.08 bits per heavy atom. The van der Waals surface area contributed by atoms with E-state index in [1.54, 1.807) is 18.0 Å². The Morgan fingerprint density at radius 2 is 1.84 bits per heavy atom. The molecule has 0 spiro atoms. The molecular formula is C20H23N3OS. The maximum Gasteiger partial charge on any atom is 0.240 e. The van der Waals surface area contributed by atoms with E-state index in [0.29, 0.717) is 5.92 Å². The molecule has 2 aliphatic heterocycles. The second-order valence-electron chi connectivity index (χ2n) is 6.73. The normalized spacial score (nSPS) is 24.4. The molecule has 2 aliphatic rings. The summed E-state index contributed by atoms with van der Waals surface area (Å²) in [5.41, 5.74) is 2.55. The van der Waals surface area contributed by atoms with Gasteiger partial charge in [0.15, 0.2) is 0 Å². The van der Waals surface area contributed by atoms with E-state index in [2.05, 4.69) is 46.7 Å². The number of hydrogen-bond acceptors (Lipinski definition) is 4. The minimum atomic E-state index is -0.0801. The monoisotopic (exact) mass is 353 g/mol. The Bertz CT molecular complexity index is 701. The van der Waals surface area contributed by atoms with E-state index in [1.807, 2.05) is 17.2 Å². The maximum atomic E-state index is 12.9. The highest BCUT2D eigenvalue weighted by Gasteiger charge is 2.34. The van der Waals surface area contributed by atoms with Crippen LogP contribution < -0.4 is 5.32 Å². The molecule has 3 heterocycles. The van der Waals surface area contributed by atoms with Gasteiger partial charge >= 0.3 is 0 Å². The molecule has 1 amide bonds. The minimum Gasteiger partial charge on any atom is -0.341 e. The predicted octanol–water partition coefficient (Wildman–Crippen LogP) is 3.19.